The summed E-state index contributed by atoms with van der Waals surface area (Å²) in [5.74, 6) is -8.15. The van der Waals surface area contributed by atoms with Gasteiger partial charge in [0.15, 0.2) is 53.7 Å². The van der Waals surface area contributed by atoms with E-state index >= 15 is 0 Å². The van der Waals surface area contributed by atoms with Gasteiger partial charge in [-0.1, -0.05) is 6.07 Å². The number of ether oxygens (including phenoxy) is 8. The van der Waals surface area contributed by atoms with E-state index in [1.54, 1.807) is 0 Å². The number of carboxylic acid groups (broad SMARTS) is 3. The van der Waals surface area contributed by atoms with Gasteiger partial charge >= 0.3 is 23.9 Å². The van der Waals surface area contributed by atoms with Gasteiger partial charge in [0, 0.05) is 29.8 Å². The third kappa shape index (κ3) is 10.4. The number of rotatable bonds is 14. The van der Waals surface area contributed by atoms with Crippen molar-refractivity contribution in [2.45, 2.75) is 92.1 Å². The van der Waals surface area contributed by atoms with Crippen LogP contribution in [0.2, 0.25) is 0 Å². The lowest BCUT2D eigenvalue weighted by atomic mass is 9.96. The van der Waals surface area contributed by atoms with Gasteiger partial charge in [-0.05, 0) is 48.0 Å². The van der Waals surface area contributed by atoms with E-state index in [0.717, 1.165) is 24.3 Å². The van der Waals surface area contributed by atoms with Crippen LogP contribution in [0.5, 0.6) is 28.7 Å². The number of aliphatic hydroxyl groups is 7. The minimum atomic E-state index is -2.32. The summed E-state index contributed by atoms with van der Waals surface area (Å²) in [5.41, 5.74) is -0.682. The number of aliphatic hydroxyl groups excluding tert-OH is 7. The Labute approximate surface area is 385 Å². The van der Waals surface area contributed by atoms with E-state index in [4.69, 9.17) is 42.3 Å². The molecule has 0 radical (unpaired) electrons. The van der Waals surface area contributed by atoms with Crippen LogP contribution >= 0.6 is 0 Å². The van der Waals surface area contributed by atoms with E-state index < -0.39 is 138 Å². The van der Waals surface area contributed by atoms with Crippen molar-refractivity contribution in [3.05, 3.63) is 82.5 Å². The molecule has 3 aliphatic rings. The smallest absolute Gasteiger partial charge is 0.335 e. The zero-order valence-corrected chi connectivity index (χ0v) is 35.2. The number of carbonyl (C=O) groups excluding carboxylic acids is 1. The van der Waals surface area contributed by atoms with Gasteiger partial charge in [-0.3, -0.25) is 4.79 Å². The van der Waals surface area contributed by atoms with Gasteiger partial charge in [0.05, 0.1) is 7.11 Å². The molecule has 3 aliphatic heterocycles. The van der Waals surface area contributed by atoms with Crippen LogP contribution in [0.15, 0.2) is 76.0 Å². The van der Waals surface area contributed by atoms with Crippen molar-refractivity contribution in [2.75, 3.05) is 7.11 Å². The van der Waals surface area contributed by atoms with Crippen LogP contribution in [-0.4, -0.2) is 184 Å². The number of benzene rings is 3. The first-order valence-corrected chi connectivity index (χ1v) is 20.2. The Balaban J connectivity index is 1.15. The van der Waals surface area contributed by atoms with E-state index in [1.807, 2.05) is 0 Å². The van der Waals surface area contributed by atoms with Crippen LogP contribution < -0.4 is 19.6 Å². The van der Waals surface area contributed by atoms with Crippen molar-refractivity contribution in [3.8, 4) is 40.1 Å². The molecule has 69 heavy (non-hydrogen) atoms. The lowest BCUT2D eigenvalue weighted by molar-refractivity contribution is -0.350. The van der Waals surface area contributed by atoms with E-state index in [-0.39, 0.29) is 34.2 Å². The zero-order valence-electron chi connectivity index (χ0n) is 35.2. The fraction of sp³-hybridized carbons (Fsp3) is 0.372. The van der Waals surface area contributed by atoms with Crippen molar-refractivity contribution in [2.24, 2.45) is 0 Å². The average Bonchev–Trinajstić information content (AvgIpc) is 3.30. The Kier molecular flexibility index (Phi) is 14.7. The predicted molar refractivity (Wildman–Crippen MR) is 220 cm³/mol. The summed E-state index contributed by atoms with van der Waals surface area (Å²) in [6.07, 6.45) is -29.8. The maximum absolute atomic E-state index is 13.3. The topological polar surface area (TPSA) is 415 Å². The molecule has 0 bridgehead atoms. The number of phenolic OH excluding ortho intramolecular Hbond substituents is 2. The van der Waals surface area contributed by atoms with E-state index in [1.165, 1.54) is 55.7 Å². The number of esters is 1. The number of hydrogen-bond acceptors (Lipinski definition) is 23. The highest BCUT2D eigenvalue weighted by Crippen LogP contribution is 2.36. The van der Waals surface area contributed by atoms with Gasteiger partial charge in [0.1, 0.15) is 76.7 Å². The number of fused-ring (bicyclic) bond motifs is 1. The van der Waals surface area contributed by atoms with Crippen LogP contribution in [-0.2, 0) is 42.9 Å². The maximum atomic E-state index is 13.3. The Morgan fingerprint density at radius 3 is 1.77 bits per heavy atom. The number of carboxylic acids is 3. The third-order valence-electron chi connectivity index (χ3n) is 11.0. The molecule has 7 rings (SSSR count). The Morgan fingerprint density at radius 2 is 1.16 bits per heavy atom. The fourth-order valence-electron chi connectivity index (χ4n) is 7.42. The van der Waals surface area contributed by atoms with Gasteiger partial charge in [-0.2, -0.15) is 0 Å². The third-order valence-corrected chi connectivity index (χ3v) is 11.0. The lowest BCUT2D eigenvalue weighted by Crippen LogP contribution is -2.66. The van der Waals surface area contributed by atoms with Crippen LogP contribution in [0, 0.1) is 0 Å². The van der Waals surface area contributed by atoms with Crippen LogP contribution in [0.4, 0.5) is 0 Å². The number of phenols is 2. The highest BCUT2D eigenvalue weighted by molar-refractivity contribution is 5.88. The van der Waals surface area contributed by atoms with E-state index in [2.05, 4.69) is 0 Å². The molecule has 3 fully saturated rings. The average molecular weight is 975 g/mol. The number of hydrogen-bond donors (Lipinski definition) is 12. The highest BCUT2D eigenvalue weighted by Gasteiger charge is 2.55. The van der Waals surface area contributed by atoms with Gasteiger partial charge < -0.3 is 104 Å². The summed E-state index contributed by atoms with van der Waals surface area (Å²) in [5, 5.41) is 123. The van der Waals surface area contributed by atoms with Crippen LogP contribution in [0.1, 0.15) is 5.56 Å². The Hall–Kier alpha value is -6.95. The van der Waals surface area contributed by atoms with Gasteiger partial charge in [0.2, 0.25) is 12.6 Å². The van der Waals surface area contributed by atoms with Gasteiger partial charge in [0.25, 0.3) is 0 Å². The van der Waals surface area contributed by atoms with Crippen LogP contribution in [0.3, 0.4) is 0 Å². The largest absolute Gasteiger partial charge is 0.507 e. The van der Waals surface area contributed by atoms with E-state index in [9.17, 15) is 85.3 Å². The first kappa shape index (κ1) is 49.9. The van der Waals surface area contributed by atoms with Crippen molar-refractivity contribution in [3.63, 3.8) is 0 Å². The number of methoxy groups -OCH3 is 1. The molecule has 0 amide bonds. The molecule has 12 N–H and O–H groups in total. The molecule has 0 saturated carbocycles. The maximum Gasteiger partial charge on any atom is 0.335 e. The molecule has 4 aromatic rings. The Bertz CT molecular complexity index is 2650. The van der Waals surface area contributed by atoms with Crippen molar-refractivity contribution in [1.29, 1.82) is 0 Å². The summed E-state index contributed by atoms with van der Waals surface area (Å²) in [6, 6.07) is 12.1. The molecule has 3 saturated heterocycles. The predicted octanol–water partition coefficient (Wildman–Crippen LogP) is -2.40. The van der Waals surface area contributed by atoms with Crippen LogP contribution in [0.25, 0.3) is 28.4 Å². The molecular formula is C43H42O26. The second kappa shape index (κ2) is 20.3. The van der Waals surface area contributed by atoms with Gasteiger partial charge in [-0.15, -0.1) is 0 Å². The first-order valence-electron chi connectivity index (χ1n) is 20.2. The summed E-state index contributed by atoms with van der Waals surface area (Å²) in [4.78, 5) is 62.1. The molecule has 0 spiro atoms. The molecule has 0 unspecified atom stereocenters. The number of carbonyl (C=O) groups is 4. The van der Waals surface area contributed by atoms with Gasteiger partial charge in [-0.25, -0.2) is 19.2 Å². The molecule has 3 aromatic carbocycles. The summed E-state index contributed by atoms with van der Waals surface area (Å²) in [7, 11) is 1.28. The lowest BCUT2D eigenvalue weighted by Gasteiger charge is -2.45. The van der Waals surface area contributed by atoms with Crippen molar-refractivity contribution >= 4 is 40.9 Å². The Morgan fingerprint density at radius 1 is 0.594 bits per heavy atom. The minimum Gasteiger partial charge on any atom is -0.507 e. The standard InChI is InChI=1S/C43H42O26/c1-61-22-10-14(2-8-18(22)44)3-9-24(47)65-36-30(52)28(50)35(40(59)60)68-43(36)69-37-31(53)29(51)34(39(57)58)67-42(37)63-17-11-19(45)25-20(46)13-21(64-23(25)12-17)15-4-6-16(7-5-15)62-41-32(54)26(48)27(49)33(66-41)38(55)56/h2-13,26-37,41-45,48-54H,1H3,(H,55,56)(H,57,58)(H,59,60)/t26-,27-,28-,29-,30-,31-,32+,33-,34-,35-,36+,37+,41+,42+,43-/m0/s1. The molecule has 0 aliphatic carbocycles. The van der Waals surface area contributed by atoms with Crippen molar-refractivity contribution < 1.29 is 123 Å². The zero-order chi connectivity index (χ0) is 50.2. The normalized spacial score (nSPS) is 31.4. The highest BCUT2D eigenvalue weighted by atomic mass is 16.8. The number of aliphatic carboxylic acids is 3. The summed E-state index contributed by atoms with van der Waals surface area (Å²) < 4.78 is 49.3. The second-order valence-corrected chi connectivity index (χ2v) is 15.5. The second-order valence-electron chi connectivity index (χ2n) is 15.5. The fourth-order valence-corrected chi connectivity index (χ4v) is 7.42. The van der Waals surface area contributed by atoms with Crippen molar-refractivity contribution in [1.82, 2.24) is 0 Å². The summed E-state index contributed by atoms with van der Waals surface area (Å²) in [6.45, 7) is 0. The molecule has 370 valence electrons. The monoisotopic (exact) mass is 974 g/mol. The first-order chi connectivity index (χ1) is 32.7. The molecule has 15 atom stereocenters. The summed E-state index contributed by atoms with van der Waals surface area (Å²) >= 11 is 0. The quantitative estimate of drug-likeness (QED) is 0.0463. The van der Waals surface area contributed by atoms with E-state index in [0.29, 0.717) is 5.56 Å². The molecular weight excluding hydrogens is 932 g/mol. The molecule has 26 nitrogen and oxygen atoms in total. The molecule has 26 heteroatoms. The SMILES string of the molecule is COc1cc(C=CC(=O)O[C@H]2[C@H](O[C@H]3[C@H](Oc4cc(O)c5c(=O)cc(-c6ccc(O[C@@H]7O[C@H](C(=O)O)[C@@H](O)[C@H](O)[C@H]7O)cc6)oc5c4)O[C@H](C(=O)O)[C@@H](O)[C@@H]3O)O[C@H](C(=O)O)[C@@H](O)[C@@H]2O)ccc1O. The molecule has 1 aromatic heterocycles. The molecule has 4 heterocycles. The minimum absolute atomic E-state index is 0.0413. The number of aromatic hydroxyl groups is 2.